The van der Waals surface area contributed by atoms with Gasteiger partial charge >= 0.3 is 6.03 Å². The Hall–Kier alpha value is -1.20. The number of aliphatic hydroxyl groups excluding tert-OH is 1. The van der Waals surface area contributed by atoms with E-state index in [9.17, 15) is 4.79 Å². The lowest BCUT2D eigenvalue weighted by Gasteiger charge is -2.15. The summed E-state index contributed by atoms with van der Waals surface area (Å²) >= 11 is 1.88. The normalized spacial score (nSPS) is 12.3. The molecule has 112 valence electrons. The molecule has 1 aromatic rings. The van der Waals surface area contributed by atoms with Crippen LogP contribution in [0.25, 0.3) is 0 Å². The quantitative estimate of drug-likeness (QED) is 0.756. The molecule has 0 saturated heterocycles. The molecule has 1 rings (SSSR count). The van der Waals surface area contributed by atoms with Crippen LogP contribution in [-0.2, 0) is 5.75 Å². The second kappa shape index (κ2) is 8.17. The predicted octanol–water partition coefficient (Wildman–Crippen LogP) is 3.14. The number of aliphatic hydroxyl groups is 1. The van der Waals surface area contributed by atoms with E-state index in [-0.39, 0.29) is 18.7 Å². The fourth-order valence-electron chi connectivity index (χ4n) is 1.66. The summed E-state index contributed by atoms with van der Waals surface area (Å²) in [5, 5.41) is 15.0. The highest BCUT2D eigenvalue weighted by Crippen LogP contribution is 2.24. The number of anilines is 1. The molecule has 0 aliphatic heterocycles. The highest BCUT2D eigenvalue weighted by molar-refractivity contribution is 7.99. The van der Waals surface area contributed by atoms with Gasteiger partial charge < -0.3 is 15.7 Å². The summed E-state index contributed by atoms with van der Waals surface area (Å²) in [6, 6.07) is 5.39. The standard InChI is InChI=1S/C15H24N2O2S/c1-10(2)20-9-13-6-5-7-14(12(13)4)17-15(19)16-11(3)8-18/h5-7,10-11,18H,8-9H2,1-4H3,(H2,16,17,19)/t11-/m0/s1. The van der Waals surface area contributed by atoms with Crippen molar-refractivity contribution < 1.29 is 9.90 Å². The highest BCUT2D eigenvalue weighted by Gasteiger charge is 2.10. The number of benzene rings is 1. The fourth-order valence-corrected chi connectivity index (χ4v) is 2.49. The third-order valence-electron chi connectivity index (χ3n) is 2.92. The lowest BCUT2D eigenvalue weighted by Crippen LogP contribution is -2.38. The smallest absolute Gasteiger partial charge is 0.319 e. The summed E-state index contributed by atoms with van der Waals surface area (Å²) in [5.74, 6) is 0.938. The first-order chi connectivity index (χ1) is 9.43. The van der Waals surface area contributed by atoms with Gasteiger partial charge in [0.1, 0.15) is 0 Å². The number of hydrogen-bond donors (Lipinski definition) is 3. The molecule has 4 nitrogen and oxygen atoms in total. The summed E-state index contributed by atoms with van der Waals surface area (Å²) < 4.78 is 0. The summed E-state index contributed by atoms with van der Waals surface area (Å²) in [7, 11) is 0. The molecule has 20 heavy (non-hydrogen) atoms. The first-order valence-electron chi connectivity index (χ1n) is 6.82. The largest absolute Gasteiger partial charge is 0.394 e. The third-order valence-corrected chi connectivity index (χ3v) is 4.06. The Morgan fingerprint density at radius 3 is 2.65 bits per heavy atom. The SMILES string of the molecule is Cc1c(CSC(C)C)cccc1NC(=O)N[C@@H](C)CO. The maximum Gasteiger partial charge on any atom is 0.319 e. The van der Waals surface area contributed by atoms with Crippen LogP contribution in [0.15, 0.2) is 18.2 Å². The van der Waals surface area contributed by atoms with Crippen LogP contribution in [0.5, 0.6) is 0 Å². The Morgan fingerprint density at radius 1 is 1.35 bits per heavy atom. The number of carbonyl (C=O) groups excluding carboxylic acids is 1. The van der Waals surface area contributed by atoms with Crippen LogP contribution < -0.4 is 10.6 Å². The lowest BCUT2D eigenvalue weighted by atomic mass is 10.1. The zero-order chi connectivity index (χ0) is 15.1. The van der Waals surface area contributed by atoms with Crippen molar-refractivity contribution in [3.63, 3.8) is 0 Å². The van der Waals surface area contributed by atoms with Crippen LogP contribution in [-0.4, -0.2) is 29.0 Å². The first-order valence-corrected chi connectivity index (χ1v) is 7.87. The molecule has 0 aromatic heterocycles. The molecule has 1 aromatic carbocycles. The molecule has 0 aliphatic rings. The first kappa shape index (κ1) is 16.9. The van der Waals surface area contributed by atoms with Crippen molar-refractivity contribution in [3.05, 3.63) is 29.3 Å². The van der Waals surface area contributed by atoms with Gasteiger partial charge in [0.2, 0.25) is 0 Å². The second-order valence-electron chi connectivity index (χ2n) is 5.13. The Kier molecular flexibility index (Phi) is 6.88. The molecule has 0 fully saturated rings. The molecule has 0 saturated carbocycles. The van der Waals surface area contributed by atoms with Crippen molar-refractivity contribution in [1.82, 2.24) is 5.32 Å². The molecule has 0 heterocycles. The fraction of sp³-hybridized carbons (Fsp3) is 0.533. The Balaban J connectivity index is 2.71. The molecule has 5 heteroatoms. The maximum absolute atomic E-state index is 11.8. The van der Waals surface area contributed by atoms with Gasteiger partial charge in [-0.05, 0) is 36.3 Å². The van der Waals surface area contributed by atoms with E-state index in [0.29, 0.717) is 5.25 Å². The van der Waals surface area contributed by atoms with Crippen molar-refractivity contribution >= 4 is 23.5 Å². The minimum absolute atomic E-state index is 0.0720. The minimum Gasteiger partial charge on any atom is -0.394 e. The van der Waals surface area contributed by atoms with Crippen molar-refractivity contribution in [3.8, 4) is 0 Å². The van der Waals surface area contributed by atoms with E-state index in [1.54, 1.807) is 6.92 Å². The Labute approximate surface area is 125 Å². The van der Waals surface area contributed by atoms with Crippen LogP contribution in [0.1, 0.15) is 31.9 Å². The van der Waals surface area contributed by atoms with E-state index < -0.39 is 0 Å². The van der Waals surface area contributed by atoms with Crippen molar-refractivity contribution in [2.45, 2.75) is 44.7 Å². The molecule has 3 N–H and O–H groups in total. The lowest BCUT2D eigenvalue weighted by molar-refractivity contribution is 0.229. The summed E-state index contributed by atoms with van der Waals surface area (Å²) in [6.45, 7) is 8.04. The average molecular weight is 296 g/mol. The van der Waals surface area contributed by atoms with E-state index >= 15 is 0 Å². The molecule has 0 spiro atoms. The molecular formula is C15H24N2O2S. The maximum atomic E-state index is 11.8. The van der Waals surface area contributed by atoms with Gasteiger partial charge in [-0.2, -0.15) is 11.8 Å². The minimum atomic E-state index is -0.289. The molecular weight excluding hydrogens is 272 g/mol. The number of amides is 2. The van der Waals surface area contributed by atoms with Crippen LogP contribution in [0.3, 0.4) is 0 Å². The second-order valence-corrected chi connectivity index (χ2v) is 6.70. The molecule has 0 unspecified atom stereocenters. The Morgan fingerprint density at radius 2 is 2.05 bits per heavy atom. The highest BCUT2D eigenvalue weighted by atomic mass is 32.2. The predicted molar refractivity (Wildman–Crippen MR) is 86.3 cm³/mol. The number of nitrogens with one attached hydrogen (secondary N) is 2. The monoisotopic (exact) mass is 296 g/mol. The van der Waals surface area contributed by atoms with Gasteiger partial charge in [0.25, 0.3) is 0 Å². The van der Waals surface area contributed by atoms with Crippen molar-refractivity contribution in [2.24, 2.45) is 0 Å². The van der Waals surface area contributed by atoms with Gasteiger partial charge in [-0.3, -0.25) is 0 Å². The van der Waals surface area contributed by atoms with E-state index in [1.807, 2.05) is 30.8 Å². The van der Waals surface area contributed by atoms with Crippen LogP contribution >= 0.6 is 11.8 Å². The van der Waals surface area contributed by atoms with E-state index in [0.717, 1.165) is 17.0 Å². The van der Waals surface area contributed by atoms with Gasteiger partial charge in [0, 0.05) is 11.4 Å². The summed E-state index contributed by atoms with van der Waals surface area (Å²) in [6.07, 6.45) is 0. The van der Waals surface area contributed by atoms with E-state index in [1.165, 1.54) is 5.56 Å². The van der Waals surface area contributed by atoms with Gasteiger partial charge in [0.15, 0.2) is 0 Å². The number of urea groups is 1. The third kappa shape index (κ3) is 5.43. The van der Waals surface area contributed by atoms with Crippen LogP contribution in [0.2, 0.25) is 0 Å². The van der Waals surface area contributed by atoms with Gasteiger partial charge in [-0.1, -0.05) is 26.0 Å². The average Bonchev–Trinajstić information content (AvgIpc) is 2.39. The summed E-state index contributed by atoms with van der Waals surface area (Å²) in [5.41, 5.74) is 3.14. The summed E-state index contributed by atoms with van der Waals surface area (Å²) in [4.78, 5) is 11.8. The van der Waals surface area contributed by atoms with Gasteiger partial charge in [-0.25, -0.2) is 4.79 Å². The number of rotatable bonds is 6. The molecule has 0 radical (unpaired) electrons. The molecule has 2 amide bonds. The number of thioether (sulfide) groups is 1. The van der Waals surface area contributed by atoms with Crippen LogP contribution in [0, 0.1) is 6.92 Å². The number of hydrogen-bond acceptors (Lipinski definition) is 3. The Bertz CT molecular complexity index is 449. The van der Waals surface area contributed by atoms with Crippen molar-refractivity contribution in [1.29, 1.82) is 0 Å². The van der Waals surface area contributed by atoms with Gasteiger partial charge in [-0.15, -0.1) is 0 Å². The molecule has 0 bridgehead atoms. The zero-order valence-electron chi connectivity index (χ0n) is 12.6. The molecule has 1 atom stereocenters. The topological polar surface area (TPSA) is 61.4 Å². The molecule has 0 aliphatic carbocycles. The van der Waals surface area contributed by atoms with E-state index in [2.05, 4.69) is 30.5 Å². The van der Waals surface area contributed by atoms with Crippen molar-refractivity contribution in [2.75, 3.05) is 11.9 Å². The van der Waals surface area contributed by atoms with E-state index in [4.69, 9.17) is 5.11 Å². The number of carbonyl (C=O) groups is 1. The zero-order valence-corrected chi connectivity index (χ0v) is 13.4. The van der Waals surface area contributed by atoms with Crippen LogP contribution in [0.4, 0.5) is 10.5 Å². The van der Waals surface area contributed by atoms with Gasteiger partial charge in [0.05, 0.1) is 12.6 Å².